The monoisotopic (exact) mass is 479 g/mol. The summed E-state index contributed by atoms with van der Waals surface area (Å²) < 4.78 is 39.4. The van der Waals surface area contributed by atoms with Gasteiger partial charge in [-0.3, -0.25) is 4.79 Å². The minimum absolute atomic E-state index is 0.165. The summed E-state index contributed by atoms with van der Waals surface area (Å²) in [7, 11) is 1.69. The normalized spacial score (nSPS) is 19.3. The topological polar surface area (TPSA) is 52.7 Å². The van der Waals surface area contributed by atoms with Crippen LogP contribution in [-0.4, -0.2) is 41.4 Å². The van der Waals surface area contributed by atoms with E-state index in [1.54, 1.807) is 30.1 Å². The highest BCUT2D eigenvalue weighted by Gasteiger charge is 2.48. The first-order chi connectivity index (χ1) is 15.6. The van der Waals surface area contributed by atoms with Gasteiger partial charge in [0.05, 0.1) is 11.1 Å². The van der Waals surface area contributed by atoms with Crippen LogP contribution in [0.4, 0.5) is 18.0 Å². The number of amides is 3. The number of likely N-dealkylation sites (tertiary alicyclic amines) is 1. The van der Waals surface area contributed by atoms with Gasteiger partial charge in [0.1, 0.15) is 6.04 Å². The van der Waals surface area contributed by atoms with E-state index in [-0.39, 0.29) is 5.91 Å². The van der Waals surface area contributed by atoms with Crippen molar-refractivity contribution in [3.8, 4) is 0 Å². The first kappa shape index (κ1) is 23.4. The molecule has 1 N–H and O–H groups in total. The zero-order chi connectivity index (χ0) is 23.8. The van der Waals surface area contributed by atoms with Crippen LogP contribution in [0.2, 0.25) is 5.02 Å². The minimum Gasteiger partial charge on any atom is -0.340 e. The second-order valence-corrected chi connectivity index (χ2v) is 9.20. The van der Waals surface area contributed by atoms with Gasteiger partial charge in [0, 0.05) is 25.2 Å². The van der Waals surface area contributed by atoms with Crippen LogP contribution in [0.1, 0.15) is 42.4 Å². The summed E-state index contributed by atoms with van der Waals surface area (Å²) >= 11 is 5.91. The molecule has 5 nitrogen and oxygen atoms in total. The summed E-state index contributed by atoms with van der Waals surface area (Å²) in [6, 6.07) is 11.3. The quantitative estimate of drug-likeness (QED) is 0.642. The van der Waals surface area contributed by atoms with Crippen LogP contribution in [0, 0.1) is 0 Å². The van der Waals surface area contributed by atoms with Gasteiger partial charge in [-0.15, -0.1) is 0 Å². The first-order valence-corrected chi connectivity index (χ1v) is 11.2. The SMILES string of the molecule is CN(Cc1ccc(Cl)cc1)C(=O)[C@H]1CCCN1C(=O)NC1(c2cccc(C(F)(F)F)c2)CC1. The van der Waals surface area contributed by atoms with E-state index in [1.165, 1.54) is 11.0 Å². The Morgan fingerprint density at radius 2 is 1.88 bits per heavy atom. The Morgan fingerprint density at radius 1 is 1.18 bits per heavy atom. The first-order valence-electron chi connectivity index (χ1n) is 10.8. The molecule has 9 heteroatoms. The molecular formula is C24H25ClF3N3O2. The Hall–Kier alpha value is -2.74. The number of likely N-dealkylation sites (N-methyl/N-ethyl adjacent to an activating group) is 1. The summed E-state index contributed by atoms with van der Waals surface area (Å²) in [5.41, 5.74) is -0.194. The fourth-order valence-electron chi connectivity index (χ4n) is 4.34. The number of alkyl halides is 3. The molecule has 2 fully saturated rings. The minimum atomic E-state index is -4.45. The lowest BCUT2D eigenvalue weighted by atomic mass is 10.0. The van der Waals surface area contributed by atoms with Crippen molar-refractivity contribution in [1.29, 1.82) is 0 Å². The fraction of sp³-hybridized carbons (Fsp3) is 0.417. The molecule has 0 radical (unpaired) electrons. The predicted molar refractivity (Wildman–Crippen MR) is 119 cm³/mol. The number of nitrogens with zero attached hydrogens (tertiary/aromatic N) is 2. The van der Waals surface area contributed by atoms with Gasteiger partial charge in [0.25, 0.3) is 0 Å². The molecule has 0 bridgehead atoms. The van der Waals surface area contributed by atoms with Crippen LogP contribution < -0.4 is 5.32 Å². The average molecular weight is 480 g/mol. The highest BCUT2D eigenvalue weighted by Crippen LogP contribution is 2.47. The molecule has 2 aromatic rings. The number of hydrogen-bond acceptors (Lipinski definition) is 2. The third-order valence-electron chi connectivity index (χ3n) is 6.35. The number of carbonyl (C=O) groups is 2. The number of rotatable bonds is 5. The van der Waals surface area contributed by atoms with E-state index in [9.17, 15) is 22.8 Å². The Kier molecular flexibility index (Phi) is 6.31. The Labute approximate surface area is 195 Å². The number of hydrogen-bond donors (Lipinski definition) is 1. The standard InChI is InChI=1S/C24H25ClF3N3O2/c1-30(15-16-7-9-19(25)10-8-16)21(32)20-6-3-13-31(20)22(33)29-23(11-12-23)17-4-2-5-18(14-17)24(26,27)28/h2,4-5,7-10,14,20H,3,6,11-13,15H2,1H3,(H,29,33)/t20-/m1/s1. The van der Waals surface area contributed by atoms with Crippen molar-refractivity contribution in [2.24, 2.45) is 0 Å². The molecule has 33 heavy (non-hydrogen) atoms. The molecule has 0 unspecified atom stereocenters. The molecule has 2 aromatic carbocycles. The van der Waals surface area contributed by atoms with Crippen LogP contribution in [0.15, 0.2) is 48.5 Å². The van der Waals surface area contributed by atoms with Crippen molar-refractivity contribution in [3.63, 3.8) is 0 Å². The number of nitrogens with one attached hydrogen (secondary N) is 1. The van der Waals surface area contributed by atoms with Gasteiger partial charge in [-0.2, -0.15) is 13.2 Å². The van der Waals surface area contributed by atoms with Crippen molar-refractivity contribution in [1.82, 2.24) is 15.1 Å². The molecule has 1 aliphatic carbocycles. The van der Waals surface area contributed by atoms with Crippen molar-refractivity contribution >= 4 is 23.5 Å². The average Bonchev–Trinajstić information content (AvgIpc) is 3.39. The third-order valence-corrected chi connectivity index (χ3v) is 6.60. The second kappa shape index (κ2) is 8.89. The van der Waals surface area contributed by atoms with Crippen LogP contribution in [0.25, 0.3) is 0 Å². The maximum absolute atomic E-state index is 13.1. The molecule has 1 aliphatic heterocycles. The summed E-state index contributed by atoms with van der Waals surface area (Å²) in [4.78, 5) is 29.3. The Balaban J connectivity index is 1.43. The maximum Gasteiger partial charge on any atom is 0.416 e. The van der Waals surface area contributed by atoms with Crippen molar-refractivity contribution in [2.45, 2.75) is 50.0 Å². The van der Waals surface area contributed by atoms with Gasteiger partial charge >= 0.3 is 12.2 Å². The van der Waals surface area contributed by atoms with Crippen molar-refractivity contribution in [3.05, 3.63) is 70.2 Å². The van der Waals surface area contributed by atoms with E-state index in [0.29, 0.717) is 49.4 Å². The lowest BCUT2D eigenvalue weighted by Crippen LogP contribution is -2.51. The van der Waals surface area contributed by atoms with E-state index in [4.69, 9.17) is 11.6 Å². The van der Waals surface area contributed by atoms with Gasteiger partial charge in [0.15, 0.2) is 0 Å². The smallest absolute Gasteiger partial charge is 0.340 e. The van der Waals surface area contributed by atoms with Crippen molar-refractivity contribution < 1.29 is 22.8 Å². The molecule has 2 aliphatic rings. The number of benzene rings is 2. The summed E-state index contributed by atoms with van der Waals surface area (Å²) in [6.07, 6.45) is -2.09. The zero-order valence-corrected chi connectivity index (χ0v) is 18.9. The largest absolute Gasteiger partial charge is 0.416 e. The van der Waals surface area contributed by atoms with E-state index in [1.807, 2.05) is 12.1 Å². The molecule has 1 saturated heterocycles. The number of carbonyl (C=O) groups excluding carboxylic acids is 2. The van der Waals surface area contributed by atoms with E-state index < -0.39 is 29.4 Å². The summed E-state index contributed by atoms with van der Waals surface area (Å²) in [6.45, 7) is 0.811. The van der Waals surface area contributed by atoms with Crippen LogP contribution in [-0.2, 0) is 23.1 Å². The van der Waals surface area contributed by atoms with Gasteiger partial charge in [0.2, 0.25) is 5.91 Å². The van der Waals surface area contributed by atoms with Gasteiger partial charge in [-0.25, -0.2) is 4.79 Å². The molecule has 0 aromatic heterocycles. The Bertz CT molecular complexity index is 1040. The number of urea groups is 1. The number of halogens is 4. The van der Waals surface area contributed by atoms with Crippen molar-refractivity contribution in [2.75, 3.05) is 13.6 Å². The highest BCUT2D eigenvalue weighted by atomic mass is 35.5. The molecule has 176 valence electrons. The third kappa shape index (κ3) is 5.11. The van der Waals surface area contributed by atoms with Gasteiger partial charge in [-0.1, -0.05) is 35.9 Å². The fourth-order valence-corrected chi connectivity index (χ4v) is 4.47. The lowest BCUT2D eigenvalue weighted by Gasteiger charge is -2.30. The molecule has 1 saturated carbocycles. The molecule has 0 spiro atoms. The lowest BCUT2D eigenvalue weighted by molar-refractivity contribution is -0.137. The Morgan fingerprint density at radius 3 is 2.52 bits per heavy atom. The van der Waals surface area contributed by atoms with Crippen LogP contribution >= 0.6 is 11.6 Å². The molecule has 1 atom stereocenters. The zero-order valence-electron chi connectivity index (χ0n) is 18.2. The summed E-state index contributed by atoms with van der Waals surface area (Å²) in [5, 5.41) is 3.53. The van der Waals surface area contributed by atoms with Crippen LogP contribution in [0.3, 0.4) is 0 Å². The summed E-state index contributed by atoms with van der Waals surface area (Å²) in [5.74, 6) is -0.165. The van der Waals surface area contributed by atoms with Gasteiger partial charge < -0.3 is 15.1 Å². The van der Waals surface area contributed by atoms with Crippen LogP contribution in [0.5, 0.6) is 0 Å². The maximum atomic E-state index is 13.1. The molecular weight excluding hydrogens is 455 g/mol. The molecule has 1 heterocycles. The molecule has 3 amide bonds. The van der Waals surface area contributed by atoms with Gasteiger partial charge in [-0.05, 0) is 61.1 Å². The molecule has 4 rings (SSSR count). The highest BCUT2D eigenvalue weighted by molar-refractivity contribution is 6.30. The van der Waals surface area contributed by atoms with E-state index >= 15 is 0 Å². The van der Waals surface area contributed by atoms with E-state index in [0.717, 1.165) is 17.7 Å². The second-order valence-electron chi connectivity index (χ2n) is 8.76. The predicted octanol–water partition coefficient (Wildman–Crippen LogP) is 5.18. The van der Waals surface area contributed by atoms with E-state index in [2.05, 4.69) is 5.32 Å².